The fraction of sp³-hybridized carbons (Fsp3) is 0.400. The molecule has 0 spiro atoms. The van der Waals surface area contributed by atoms with Gasteiger partial charge in [-0.1, -0.05) is 38.1 Å². The average Bonchev–Trinajstić information content (AvgIpc) is 3.10. The van der Waals surface area contributed by atoms with Crippen LogP contribution in [0.4, 0.5) is 4.79 Å². The largest absolute Gasteiger partial charge is 0.445 e. The molecule has 0 saturated heterocycles. The van der Waals surface area contributed by atoms with E-state index >= 15 is 0 Å². The molecule has 1 aromatic carbocycles. The number of ether oxygens (including phenoxy) is 1. The number of benzene rings is 1. The molecule has 0 bridgehead atoms. The van der Waals surface area contributed by atoms with Crippen molar-refractivity contribution in [3.8, 4) is 17.3 Å². The Morgan fingerprint density at radius 1 is 1.29 bits per heavy atom. The number of amides is 2. The normalized spacial score (nSPS) is 11.5. The fourth-order valence-corrected chi connectivity index (χ4v) is 3.18. The molecule has 148 valence electrons. The summed E-state index contributed by atoms with van der Waals surface area (Å²) in [5.41, 5.74) is 2.76. The molecular formula is C20H24N4O3S. The molecule has 1 aromatic heterocycles. The van der Waals surface area contributed by atoms with Gasteiger partial charge in [-0.05, 0) is 24.8 Å². The molecular weight excluding hydrogens is 376 g/mol. The van der Waals surface area contributed by atoms with E-state index in [1.807, 2.05) is 56.5 Å². The minimum absolute atomic E-state index is 0.0937. The Kier molecular flexibility index (Phi) is 7.96. The first-order valence-electron chi connectivity index (χ1n) is 8.98. The number of aryl methyl sites for hydroxylation is 1. The smallest absolute Gasteiger partial charge is 0.408 e. The molecule has 0 aliphatic rings. The van der Waals surface area contributed by atoms with Crippen molar-refractivity contribution in [3.63, 3.8) is 0 Å². The second kappa shape index (κ2) is 10.4. The van der Waals surface area contributed by atoms with Crippen LogP contribution in [0, 0.1) is 24.2 Å². The third-order valence-corrected chi connectivity index (χ3v) is 4.67. The Hall–Kier alpha value is -2.92. The molecule has 1 heterocycles. The van der Waals surface area contributed by atoms with Crippen molar-refractivity contribution >= 4 is 23.3 Å². The number of carbonyl (C=O) groups excluding carboxylic acids is 2. The second-order valence-electron chi connectivity index (χ2n) is 6.73. The maximum absolute atomic E-state index is 12.1. The summed E-state index contributed by atoms with van der Waals surface area (Å²) in [5.74, 6) is -0.199. The molecule has 2 N–H and O–H groups in total. The molecule has 0 saturated carbocycles. The topological polar surface area (TPSA) is 104 Å². The van der Waals surface area contributed by atoms with Crippen molar-refractivity contribution in [2.45, 2.75) is 39.8 Å². The first kappa shape index (κ1) is 21.4. The van der Waals surface area contributed by atoms with E-state index in [2.05, 4.69) is 15.6 Å². The maximum Gasteiger partial charge on any atom is 0.408 e. The molecule has 2 amide bonds. The van der Waals surface area contributed by atoms with Gasteiger partial charge >= 0.3 is 6.09 Å². The zero-order valence-corrected chi connectivity index (χ0v) is 17.0. The van der Waals surface area contributed by atoms with Gasteiger partial charge in [0, 0.05) is 10.9 Å². The van der Waals surface area contributed by atoms with Crippen molar-refractivity contribution in [1.82, 2.24) is 15.6 Å². The molecule has 2 aromatic rings. The van der Waals surface area contributed by atoms with Crippen LogP contribution < -0.4 is 10.6 Å². The number of hydrogen-bond donors (Lipinski definition) is 2. The average molecular weight is 401 g/mol. The van der Waals surface area contributed by atoms with Crippen LogP contribution in [0.5, 0.6) is 0 Å². The molecule has 28 heavy (non-hydrogen) atoms. The van der Waals surface area contributed by atoms with Gasteiger partial charge in [0.2, 0.25) is 5.91 Å². The number of aromatic nitrogens is 1. The molecule has 0 fully saturated rings. The highest BCUT2D eigenvalue weighted by Gasteiger charge is 2.22. The van der Waals surface area contributed by atoms with Gasteiger partial charge in [-0.25, -0.2) is 9.78 Å². The monoisotopic (exact) mass is 400 g/mol. The number of nitrogens with one attached hydrogen (secondary N) is 2. The SMILES string of the molecule is Cc1nc(-c2ccc(COC(=O)N[C@@H](CC(C)C)C(=O)NCC#N)cc2)cs1. The highest BCUT2D eigenvalue weighted by atomic mass is 32.1. The predicted molar refractivity (Wildman–Crippen MR) is 107 cm³/mol. The van der Waals surface area contributed by atoms with Crippen LogP contribution in [-0.4, -0.2) is 29.6 Å². The van der Waals surface area contributed by atoms with E-state index in [4.69, 9.17) is 10.00 Å². The van der Waals surface area contributed by atoms with Gasteiger partial charge in [0.25, 0.3) is 0 Å². The van der Waals surface area contributed by atoms with Crippen LogP contribution in [0.2, 0.25) is 0 Å². The number of nitriles is 1. The van der Waals surface area contributed by atoms with E-state index in [1.54, 1.807) is 11.3 Å². The lowest BCUT2D eigenvalue weighted by Crippen LogP contribution is -2.47. The Morgan fingerprint density at radius 2 is 2.00 bits per heavy atom. The summed E-state index contributed by atoms with van der Waals surface area (Å²) in [6.45, 7) is 5.85. The Morgan fingerprint density at radius 3 is 2.57 bits per heavy atom. The van der Waals surface area contributed by atoms with E-state index in [1.165, 1.54) is 0 Å². The first-order chi connectivity index (χ1) is 13.4. The predicted octanol–water partition coefficient (Wildman–Crippen LogP) is 3.40. The third kappa shape index (κ3) is 6.67. The number of alkyl carbamates (subject to hydrolysis) is 1. The highest BCUT2D eigenvalue weighted by molar-refractivity contribution is 7.09. The summed E-state index contributed by atoms with van der Waals surface area (Å²) in [5, 5.41) is 16.6. The van der Waals surface area contributed by atoms with Crippen LogP contribution in [0.15, 0.2) is 29.6 Å². The lowest BCUT2D eigenvalue weighted by molar-refractivity contribution is -0.123. The van der Waals surface area contributed by atoms with Gasteiger partial charge in [0.05, 0.1) is 16.8 Å². The van der Waals surface area contributed by atoms with Crippen LogP contribution in [0.1, 0.15) is 30.8 Å². The van der Waals surface area contributed by atoms with Crippen molar-refractivity contribution in [2.24, 2.45) is 5.92 Å². The number of rotatable bonds is 8. The van der Waals surface area contributed by atoms with Crippen molar-refractivity contribution in [1.29, 1.82) is 5.26 Å². The Bertz CT molecular complexity index is 840. The number of thiazole rings is 1. The number of carbonyl (C=O) groups is 2. The van der Waals surface area contributed by atoms with E-state index in [-0.39, 0.29) is 19.1 Å². The van der Waals surface area contributed by atoms with E-state index in [9.17, 15) is 9.59 Å². The molecule has 8 heteroatoms. The minimum Gasteiger partial charge on any atom is -0.445 e. The molecule has 0 radical (unpaired) electrons. The van der Waals surface area contributed by atoms with E-state index in [0.29, 0.717) is 6.42 Å². The second-order valence-corrected chi connectivity index (χ2v) is 7.79. The lowest BCUT2D eigenvalue weighted by atomic mass is 10.0. The van der Waals surface area contributed by atoms with Crippen LogP contribution >= 0.6 is 11.3 Å². The zero-order valence-electron chi connectivity index (χ0n) is 16.2. The minimum atomic E-state index is -0.740. The molecule has 2 rings (SSSR count). The summed E-state index contributed by atoms with van der Waals surface area (Å²) in [6.07, 6.45) is -0.217. The van der Waals surface area contributed by atoms with Crippen molar-refractivity contribution < 1.29 is 14.3 Å². The van der Waals surface area contributed by atoms with Crippen molar-refractivity contribution in [2.75, 3.05) is 6.54 Å². The third-order valence-electron chi connectivity index (χ3n) is 3.90. The van der Waals surface area contributed by atoms with Gasteiger partial charge in [-0.3, -0.25) is 4.79 Å². The zero-order chi connectivity index (χ0) is 20.5. The molecule has 1 atom stereocenters. The van der Waals surface area contributed by atoms with Crippen LogP contribution in [0.3, 0.4) is 0 Å². The fourth-order valence-electron chi connectivity index (χ4n) is 2.55. The van der Waals surface area contributed by atoms with Gasteiger partial charge in [-0.15, -0.1) is 11.3 Å². The molecule has 0 aliphatic carbocycles. The quantitative estimate of drug-likeness (QED) is 0.661. The molecule has 7 nitrogen and oxygen atoms in total. The summed E-state index contributed by atoms with van der Waals surface area (Å²) >= 11 is 1.60. The summed E-state index contributed by atoms with van der Waals surface area (Å²) in [4.78, 5) is 28.6. The first-order valence-corrected chi connectivity index (χ1v) is 9.86. The summed E-state index contributed by atoms with van der Waals surface area (Å²) in [6, 6.07) is 8.73. The Balaban J connectivity index is 1.89. The van der Waals surface area contributed by atoms with Gasteiger partial charge in [0.15, 0.2) is 0 Å². The van der Waals surface area contributed by atoms with E-state index < -0.39 is 18.0 Å². The van der Waals surface area contributed by atoms with Crippen molar-refractivity contribution in [3.05, 3.63) is 40.2 Å². The summed E-state index contributed by atoms with van der Waals surface area (Å²) in [7, 11) is 0. The Labute approximate surface area is 168 Å². The van der Waals surface area contributed by atoms with Crippen LogP contribution in [0.25, 0.3) is 11.3 Å². The van der Waals surface area contributed by atoms with Crippen LogP contribution in [-0.2, 0) is 16.1 Å². The number of nitrogens with zero attached hydrogens (tertiary/aromatic N) is 2. The molecule has 0 aliphatic heterocycles. The standard InChI is InChI=1S/C20H24N4O3S/c1-13(2)10-17(19(25)22-9-8-21)24-20(26)27-11-15-4-6-16(7-5-15)18-12-28-14(3)23-18/h4-7,12-13,17H,9-11H2,1-3H3,(H,22,25)(H,24,26)/t17-/m0/s1. The lowest BCUT2D eigenvalue weighted by Gasteiger charge is -2.19. The van der Waals surface area contributed by atoms with E-state index in [0.717, 1.165) is 21.8 Å². The molecule has 0 unspecified atom stereocenters. The summed E-state index contributed by atoms with van der Waals surface area (Å²) < 4.78 is 5.24. The van der Waals surface area contributed by atoms with Gasteiger partial charge in [0.1, 0.15) is 19.2 Å². The highest BCUT2D eigenvalue weighted by Crippen LogP contribution is 2.22. The number of hydrogen-bond acceptors (Lipinski definition) is 6. The maximum atomic E-state index is 12.1. The van der Waals surface area contributed by atoms with Gasteiger partial charge < -0.3 is 15.4 Å². The van der Waals surface area contributed by atoms with Gasteiger partial charge in [-0.2, -0.15) is 5.26 Å².